The van der Waals surface area contributed by atoms with Gasteiger partial charge in [0, 0.05) is 0 Å². The van der Waals surface area contributed by atoms with E-state index in [2.05, 4.69) is 50.4 Å². The molecule has 1 atom stereocenters. The molecular weight excluding hydrogens is 254 g/mol. The minimum atomic E-state index is 0.790. The van der Waals surface area contributed by atoms with Crippen molar-refractivity contribution in [2.45, 2.75) is 72.1 Å². The molecule has 0 bridgehead atoms. The van der Waals surface area contributed by atoms with E-state index in [1.54, 1.807) is 0 Å². The summed E-state index contributed by atoms with van der Waals surface area (Å²) in [6.45, 7) is 8.93. The lowest BCUT2D eigenvalue weighted by atomic mass is 9.92. The summed E-state index contributed by atoms with van der Waals surface area (Å²) < 4.78 is 0. The van der Waals surface area contributed by atoms with E-state index in [1.165, 1.54) is 69.0 Å². The topological polar surface area (TPSA) is 12.0 Å². The lowest BCUT2D eigenvalue weighted by molar-refractivity contribution is 0.423. The zero-order valence-electron chi connectivity index (χ0n) is 14.5. The van der Waals surface area contributed by atoms with Crippen molar-refractivity contribution in [3.63, 3.8) is 0 Å². The Morgan fingerprint density at radius 3 is 2.48 bits per heavy atom. The highest BCUT2D eigenvalue weighted by molar-refractivity contribution is 5.22. The SMILES string of the molecule is CCCCCCCCC(CNCC)Cc1cccc(C)c1. The lowest BCUT2D eigenvalue weighted by Gasteiger charge is -2.18. The maximum absolute atomic E-state index is 3.54. The molecule has 1 nitrogen and oxygen atoms in total. The lowest BCUT2D eigenvalue weighted by Crippen LogP contribution is -2.24. The van der Waals surface area contributed by atoms with E-state index < -0.39 is 0 Å². The molecule has 0 aliphatic carbocycles. The Balaban J connectivity index is 2.33. The largest absolute Gasteiger partial charge is 0.317 e. The predicted octanol–water partition coefficient (Wildman–Crippen LogP) is 5.51. The van der Waals surface area contributed by atoms with Crippen LogP contribution in [0.25, 0.3) is 0 Å². The Bertz CT molecular complexity index is 359. The molecule has 0 aliphatic heterocycles. The van der Waals surface area contributed by atoms with Crippen molar-refractivity contribution in [1.29, 1.82) is 0 Å². The van der Waals surface area contributed by atoms with Crippen molar-refractivity contribution in [2.75, 3.05) is 13.1 Å². The van der Waals surface area contributed by atoms with Crippen LogP contribution >= 0.6 is 0 Å². The summed E-state index contributed by atoms with van der Waals surface area (Å²) in [7, 11) is 0. The molecule has 0 saturated heterocycles. The van der Waals surface area contributed by atoms with Gasteiger partial charge in [0.2, 0.25) is 0 Å². The number of hydrogen-bond acceptors (Lipinski definition) is 1. The van der Waals surface area contributed by atoms with Crippen LogP contribution in [0.4, 0.5) is 0 Å². The Morgan fingerprint density at radius 2 is 1.76 bits per heavy atom. The summed E-state index contributed by atoms with van der Waals surface area (Å²) in [5.74, 6) is 0.790. The van der Waals surface area contributed by atoms with Gasteiger partial charge in [0.1, 0.15) is 0 Å². The molecule has 1 aromatic rings. The van der Waals surface area contributed by atoms with E-state index in [1.807, 2.05) is 0 Å². The van der Waals surface area contributed by atoms with Crippen molar-refractivity contribution in [3.8, 4) is 0 Å². The van der Waals surface area contributed by atoms with Crippen LogP contribution in [0, 0.1) is 12.8 Å². The van der Waals surface area contributed by atoms with Gasteiger partial charge >= 0.3 is 0 Å². The third-order valence-electron chi connectivity index (χ3n) is 4.26. The van der Waals surface area contributed by atoms with Gasteiger partial charge in [-0.3, -0.25) is 0 Å². The fourth-order valence-electron chi connectivity index (χ4n) is 3.01. The molecule has 1 rings (SSSR count). The van der Waals surface area contributed by atoms with Crippen LogP contribution in [0.15, 0.2) is 24.3 Å². The summed E-state index contributed by atoms with van der Waals surface area (Å²) in [6.07, 6.45) is 11.0. The summed E-state index contributed by atoms with van der Waals surface area (Å²) >= 11 is 0. The Labute approximate surface area is 132 Å². The third-order valence-corrected chi connectivity index (χ3v) is 4.26. The maximum Gasteiger partial charge on any atom is -0.00175 e. The van der Waals surface area contributed by atoms with E-state index in [0.717, 1.165) is 12.5 Å². The zero-order valence-corrected chi connectivity index (χ0v) is 14.5. The molecule has 1 N–H and O–H groups in total. The van der Waals surface area contributed by atoms with Crippen molar-refractivity contribution in [3.05, 3.63) is 35.4 Å². The molecule has 120 valence electrons. The first kappa shape index (κ1) is 18.2. The minimum Gasteiger partial charge on any atom is -0.317 e. The van der Waals surface area contributed by atoms with Crippen LogP contribution in [0.3, 0.4) is 0 Å². The van der Waals surface area contributed by atoms with Crippen LogP contribution in [0.5, 0.6) is 0 Å². The number of unbranched alkanes of at least 4 members (excludes halogenated alkanes) is 5. The Hall–Kier alpha value is -0.820. The first-order valence-electron chi connectivity index (χ1n) is 9.02. The fourth-order valence-corrected chi connectivity index (χ4v) is 3.01. The van der Waals surface area contributed by atoms with Crippen molar-refractivity contribution in [2.24, 2.45) is 5.92 Å². The second-order valence-electron chi connectivity index (χ2n) is 6.42. The van der Waals surface area contributed by atoms with E-state index in [9.17, 15) is 0 Å². The Morgan fingerprint density at radius 1 is 1.00 bits per heavy atom. The first-order chi connectivity index (χ1) is 10.3. The van der Waals surface area contributed by atoms with Gasteiger partial charge in [-0.1, -0.05) is 82.2 Å². The molecule has 0 radical (unpaired) electrons. The van der Waals surface area contributed by atoms with Crippen LogP contribution < -0.4 is 5.32 Å². The van der Waals surface area contributed by atoms with Crippen LogP contribution in [0.1, 0.15) is 69.9 Å². The van der Waals surface area contributed by atoms with Crippen molar-refractivity contribution in [1.82, 2.24) is 5.32 Å². The highest BCUT2D eigenvalue weighted by Crippen LogP contribution is 2.17. The highest BCUT2D eigenvalue weighted by Gasteiger charge is 2.09. The maximum atomic E-state index is 3.54. The van der Waals surface area contributed by atoms with Crippen LogP contribution in [0.2, 0.25) is 0 Å². The van der Waals surface area contributed by atoms with E-state index in [4.69, 9.17) is 0 Å². The van der Waals surface area contributed by atoms with E-state index in [0.29, 0.717) is 0 Å². The summed E-state index contributed by atoms with van der Waals surface area (Å²) in [5, 5.41) is 3.54. The normalized spacial score (nSPS) is 12.5. The number of benzene rings is 1. The summed E-state index contributed by atoms with van der Waals surface area (Å²) in [5.41, 5.74) is 2.89. The second-order valence-corrected chi connectivity index (χ2v) is 6.42. The first-order valence-corrected chi connectivity index (χ1v) is 9.02. The Kier molecular flexibility index (Phi) is 10.2. The molecule has 1 unspecified atom stereocenters. The quantitative estimate of drug-likeness (QED) is 0.500. The second kappa shape index (κ2) is 11.8. The fraction of sp³-hybridized carbons (Fsp3) is 0.700. The number of aryl methyl sites for hydroxylation is 1. The molecule has 1 aromatic carbocycles. The van der Waals surface area contributed by atoms with Gasteiger partial charge in [-0.05, 0) is 44.3 Å². The third kappa shape index (κ3) is 8.93. The van der Waals surface area contributed by atoms with E-state index >= 15 is 0 Å². The average Bonchev–Trinajstić information content (AvgIpc) is 2.48. The number of nitrogens with one attached hydrogen (secondary N) is 1. The van der Waals surface area contributed by atoms with E-state index in [-0.39, 0.29) is 0 Å². The standard InChI is InChI=1S/C20H35N/c1-4-6-7-8-9-10-13-20(17-21-5-2)16-19-14-11-12-18(3)15-19/h11-12,14-15,20-21H,4-10,13,16-17H2,1-3H3. The zero-order chi connectivity index (χ0) is 15.3. The molecule has 21 heavy (non-hydrogen) atoms. The molecule has 0 amide bonds. The van der Waals surface area contributed by atoms with Crippen LogP contribution in [-0.4, -0.2) is 13.1 Å². The molecule has 0 heterocycles. The van der Waals surface area contributed by atoms with Gasteiger partial charge in [-0.2, -0.15) is 0 Å². The number of hydrogen-bond donors (Lipinski definition) is 1. The molecule has 0 aliphatic rings. The van der Waals surface area contributed by atoms with Crippen molar-refractivity contribution < 1.29 is 0 Å². The summed E-state index contributed by atoms with van der Waals surface area (Å²) in [6, 6.07) is 9.02. The average molecular weight is 290 g/mol. The highest BCUT2D eigenvalue weighted by atomic mass is 14.8. The van der Waals surface area contributed by atoms with Gasteiger partial charge < -0.3 is 5.32 Å². The van der Waals surface area contributed by atoms with Gasteiger partial charge in [0.15, 0.2) is 0 Å². The van der Waals surface area contributed by atoms with Gasteiger partial charge in [0.25, 0.3) is 0 Å². The van der Waals surface area contributed by atoms with Gasteiger partial charge in [-0.15, -0.1) is 0 Å². The van der Waals surface area contributed by atoms with Crippen LogP contribution in [-0.2, 0) is 6.42 Å². The molecular formula is C20H35N. The molecule has 1 heteroatoms. The minimum absolute atomic E-state index is 0.790. The predicted molar refractivity (Wildman–Crippen MR) is 94.9 cm³/mol. The molecule has 0 aromatic heterocycles. The molecule has 0 spiro atoms. The molecule has 0 fully saturated rings. The smallest absolute Gasteiger partial charge is 0.00175 e. The van der Waals surface area contributed by atoms with Crippen molar-refractivity contribution >= 4 is 0 Å². The molecule has 0 saturated carbocycles. The monoisotopic (exact) mass is 289 g/mol. The number of rotatable bonds is 12. The van der Waals surface area contributed by atoms with Gasteiger partial charge in [-0.25, -0.2) is 0 Å². The summed E-state index contributed by atoms with van der Waals surface area (Å²) in [4.78, 5) is 0. The van der Waals surface area contributed by atoms with Gasteiger partial charge in [0.05, 0.1) is 0 Å².